The molecular formula is C9H13NOS. The molecule has 1 unspecified atom stereocenters. The summed E-state index contributed by atoms with van der Waals surface area (Å²) in [5.74, 6) is 0. The topological polar surface area (TPSA) is 33.1 Å². The Bertz CT molecular complexity index is 280. The van der Waals surface area contributed by atoms with Gasteiger partial charge in [0.1, 0.15) is 0 Å². The summed E-state index contributed by atoms with van der Waals surface area (Å²) in [6.45, 7) is 7.60. The van der Waals surface area contributed by atoms with Crippen LogP contribution in [0.15, 0.2) is 18.3 Å². The van der Waals surface area contributed by atoms with Gasteiger partial charge < -0.3 is 5.11 Å². The predicted molar refractivity (Wildman–Crippen MR) is 51.2 cm³/mol. The first-order valence-corrected chi connectivity index (χ1v) is 4.66. The van der Waals surface area contributed by atoms with Crippen LogP contribution in [0.3, 0.4) is 0 Å². The minimum atomic E-state index is -0.423. The summed E-state index contributed by atoms with van der Waals surface area (Å²) in [6, 6.07) is 0. The molecule has 0 aliphatic rings. The molecule has 1 heterocycles. The maximum atomic E-state index is 9.61. The van der Waals surface area contributed by atoms with Gasteiger partial charge in [-0.3, -0.25) is 0 Å². The summed E-state index contributed by atoms with van der Waals surface area (Å²) < 4.78 is 0. The first kappa shape index (κ1) is 9.42. The van der Waals surface area contributed by atoms with Gasteiger partial charge >= 0.3 is 0 Å². The molecule has 0 radical (unpaired) electrons. The quantitative estimate of drug-likeness (QED) is 0.730. The lowest BCUT2D eigenvalue weighted by Gasteiger charge is -2.05. The van der Waals surface area contributed by atoms with E-state index in [-0.39, 0.29) is 0 Å². The fourth-order valence-corrected chi connectivity index (χ4v) is 1.73. The number of thiazole rings is 1. The lowest BCUT2D eigenvalue weighted by Crippen LogP contribution is -1.94. The molecule has 0 spiro atoms. The zero-order valence-corrected chi connectivity index (χ0v) is 8.19. The highest BCUT2D eigenvalue weighted by Crippen LogP contribution is 2.24. The van der Waals surface area contributed by atoms with Crippen LogP contribution in [0.5, 0.6) is 0 Å². The van der Waals surface area contributed by atoms with E-state index in [0.717, 1.165) is 15.5 Å². The van der Waals surface area contributed by atoms with E-state index < -0.39 is 6.10 Å². The molecule has 1 N–H and O–H groups in total. The van der Waals surface area contributed by atoms with E-state index in [1.807, 2.05) is 13.8 Å². The third kappa shape index (κ3) is 2.43. The molecule has 66 valence electrons. The van der Waals surface area contributed by atoms with Gasteiger partial charge in [0.25, 0.3) is 0 Å². The first-order valence-electron chi connectivity index (χ1n) is 3.84. The van der Waals surface area contributed by atoms with Crippen LogP contribution >= 0.6 is 11.3 Å². The average molecular weight is 183 g/mol. The van der Waals surface area contributed by atoms with Gasteiger partial charge in [0.05, 0.1) is 16.0 Å². The minimum absolute atomic E-state index is 0.423. The van der Waals surface area contributed by atoms with Crippen LogP contribution < -0.4 is 0 Å². The SMILES string of the molecule is C=C(C)CC(O)c1cnc(C)s1. The van der Waals surface area contributed by atoms with Crippen molar-refractivity contribution in [1.29, 1.82) is 0 Å². The number of aromatic nitrogens is 1. The molecule has 3 heteroatoms. The van der Waals surface area contributed by atoms with Crippen molar-refractivity contribution in [2.24, 2.45) is 0 Å². The van der Waals surface area contributed by atoms with Gasteiger partial charge in [-0.2, -0.15) is 0 Å². The Morgan fingerprint density at radius 2 is 2.50 bits per heavy atom. The van der Waals surface area contributed by atoms with E-state index in [1.54, 1.807) is 6.20 Å². The second-order valence-corrected chi connectivity index (χ2v) is 4.23. The Morgan fingerprint density at radius 3 is 2.92 bits per heavy atom. The van der Waals surface area contributed by atoms with Crippen LogP contribution in [-0.2, 0) is 0 Å². The molecule has 2 nitrogen and oxygen atoms in total. The lowest BCUT2D eigenvalue weighted by atomic mass is 10.1. The number of hydrogen-bond acceptors (Lipinski definition) is 3. The molecule has 12 heavy (non-hydrogen) atoms. The molecule has 0 aliphatic heterocycles. The fraction of sp³-hybridized carbons (Fsp3) is 0.444. The van der Waals surface area contributed by atoms with Crippen LogP contribution in [0.4, 0.5) is 0 Å². The largest absolute Gasteiger partial charge is 0.387 e. The Balaban J connectivity index is 2.64. The van der Waals surface area contributed by atoms with Crippen molar-refractivity contribution in [3.8, 4) is 0 Å². The van der Waals surface area contributed by atoms with Crippen molar-refractivity contribution < 1.29 is 5.11 Å². The third-order valence-electron chi connectivity index (χ3n) is 1.51. The van der Waals surface area contributed by atoms with Crippen molar-refractivity contribution in [3.63, 3.8) is 0 Å². The third-order valence-corrected chi connectivity index (χ3v) is 2.52. The van der Waals surface area contributed by atoms with Gasteiger partial charge in [-0.1, -0.05) is 5.57 Å². The average Bonchev–Trinajstić information content (AvgIpc) is 2.34. The van der Waals surface area contributed by atoms with Gasteiger partial charge in [-0.05, 0) is 20.3 Å². The molecule has 0 bridgehead atoms. The predicted octanol–water partition coefficient (Wildman–Crippen LogP) is 2.45. The second kappa shape index (κ2) is 3.83. The molecular weight excluding hydrogens is 170 g/mol. The van der Waals surface area contributed by atoms with E-state index in [0.29, 0.717) is 6.42 Å². The molecule has 0 fully saturated rings. The van der Waals surface area contributed by atoms with Crippen molar-refractivity contribution in [3.05, 3.63) is 28.2 Å². The summed E-state index contributed by atoms with van der Waals surface area (Å²) in [6.07, 6.45) is 1.93. The Morgan fingerprint density at radius 1 is 1.83 bits per heavy atom. The van der Waals surface area contributed by atoms with Gasteiger partial charge in [0, 0.05) is 6.20 Å². The van der Waals surface area contributed by atoms with E-state index in [4.69, 9.17) is 0 Å². The zero-order chi connectivity index (χ0) is 9.14. The van der Waals surface area contributed by atoms with Crippen molar-refractivity contribution in [2.45, 2.75) is 26.4 Å². The number of aryl methyl sites for hydroxylation is 1. The van der Waals surface area contributed by atoms with Crippen LogP contribution in [0.2, 0.25) is 0 Å². The van der Waals surface area contributed by atoms with E-state index in [1.165, 1.54) is 11.3 Å². The van der Waals surface area contributed by atoms with Crippen LogP contribution in [-0.4, -0.2) is 10.1 Å². The van der Waals surface area contributed by atoms with Crippen LogP contribution in [0.25, 0.3) is 0 Å². The molecule has 1 rings (SSSR count). The Hall–Kier alpha value is -0.670. The first-order chi connectivity index (χ1) is 5.59. The van der Waals surface area contributed by atoms with E-state index in [9.17, 15) is 5.11 Å². The monoisotopic (exact) mass is 183 g/mol. The smallest absolute Gasteiger partial charge is 0.0934 e. The highest BCUT2D eigenvalue weighted by Gasteiger charge is 2.09. The zero-order valence-electron chi connectivity index (χ0n) is 7.37. The molecule has 1 aromatic rings. The van der Waals surface area contributed by atoms with Gasteiger partial charge in [0.2, 0.25) is 0 Å². The van der Waals surface area contributed by atoms with Gasteiger partial charge in [-0.25, -0.2) is 4.98 Å². The van der Waals surface area contributed by atoms with Gasteiger partial charge in [-0.15, -0.1) is 17.9 Å². The molecule has 0 saturated heterocycles. The van der Waals surface area contributed by atoms with Crippen molar-refractivity contribution in [2.75, 3.05) is 0 Å². The van der Waals surface area contributed by atoms with Crippen molar-refractivity contribution in [1.82, 2.24) is 4.98 Å². The normalized spacial score (nSPS) is 12.9. The summed E-state index contributed by atoms with van der Waals surface area (Å²) >= 11 is 1.54. The number of nitrogens with zero attached hydrogens (tertiary/aromatic N) is 1. The van der Waals surface area contributed by atoms with Gasteiger partial charge in [0.15, 0.2) is 0 Å². The Labute approximate surface area is 76.6 Å². The molecule has 0 amide bonds. The molecule has 0 saturated carbocycles. The molecule has 0 aromatic carbocycles. The standard InChI is InChI=1S/C9H13NOS/c1-6(2)4-8(11)9-5-10-7(3)12-9/h5,8,11H,1,4H2,2-3H3. The number of aliphatic hydroxyl groups excluding tert-OH is 1. The number of aliphatic hydroxyl groups is 1. The summed E-state index contributed by atoms with van der Waals surface area (Å²) in [4.78, 5) is 5.00. The summed E-state index contributed by atoms with van der Waals surface area (Å²) in [5.41, 5.74) is 0.994. The highest BCUT2D eigenvalue weighted by atomic mass is 32.1. The minimum Gasteiger partial charge on any atom is -0.387 e. The van der Waals surface area contributed by atoms with Crippen LogP contribution in [0.1, 0.15) is 29.3 Å². The lowest BCUT2D eigenvalue weighted by molar-refractivity contribution is 0.182. The maximum Gasteiger partial charge on any atom is 0.0934 e. The molecule has 1 aromatic heterocycles. The highest BCUT2D eigenvalue weighted by molar-refractivity contribution is 7.11. The van der Waals surface area contributed by atoms with E-state index >= 15 is 0 Å². The number of hydrogen-bond donors (Lipinski definition) is 1. The van der Waals surface area contributed by atoms with Crippen LogP contribution in [0, 0.1) is 6.92 Å². The molecule has 0 aliphatic carbocycles. The summed E-state index contributed by atoms with van der Waals surface area (Å²) in [7, 11) is 0. The van der Waals surface area contributed by atoms with E-state index in [2.05, 4.69) is 11.6 Å². The Kier molecular flexibility index (Phi) is 3.00. The maximum absolute atomic E-state index is 9.61. The molecule has 1 atom stereocenters. The summed E-state index contributed by atoms with van der Waals surface area (Å²) in [5, 5.41) is 10.6. The fourth-order valence-electron chi connectivity index (χ4n) is 0.962. The number of rotatable bonds is 3. The van der Waals surface area contributed by atoms with Crippen molar-refractivity contribution >= 4 is 11.3 Å². The second-order valence-electron chi connectivity index (χ2n) is 2.96.